The van der Waals surface area contributed by atoms with Gasteiger partial charge in [0.25, 0.3) is 5.91 Å². The summed E-state index contributed by atoms with van der Waals surface area (Å²) >= 11 is 0. The van der Waals surface area contributed by atoms with Crippen molar-refractivity contribution in [3.05, 3.63) is 36.2 Å². The summed E-state index contributed by atoms with van der Waals surface area (Å²) in [5.41, 5.74) is 0.822. The number of rotatable bonds is 4. The van der Waals surface area contributed by atoms with Gasteiger partial charge in [0.15, 0.2) is 6.04 Å². The molecule has 0 aliphatic carbocycles. The molecule has 0 aliphatic rings. The van der Waals surface area contributed by atoms with Crippen LogP contribution in [0.3, 0.4) is 0 Å². The number of carboxylic acids is 1. The van der Waals surface area contributed by atoms with E-state index in [2.05, 4.69) is 10.4 Å². The monoisotopic (exact) mass is 263 g/mol. The second-order valence-corrected chi connectivity index (χ2v) is 4.12. The first-order valence-corrected chi connectivity index (χ1v) is 5.65. The van der Waals surface area contributed by atoms with Gasteiger partial charge in [-0.2, -0.15) is 5.10 Å². The van der Waals surface area contributed by atoms with Crippen molar-refractivity contribution in [2.75, 3.05) is 0 Å². The minimum Gasteiger partial charge on any atom is -0.480 e. The molecular weight excluding hydrogens is 250 g/mol. The van der Waals surface area contributed by atoms with E-state index in [1.807, 2.05) is 0 Å². The topological polar surface area (TPSA) is 104 Å². The predicted molar refractivity (Wildman–Crippen MR) is 65.8 cm³/mol. The summed E-state index contributed by atoms with van der Waals surface area (Å²) in [5.74, 6) is -1.88. The molecule has 0 fully saturated rings. The fourth-order valence-corrected chi connectivity index (χ4v) is 1.72. The molecule has 0 bridgehead atoms. The molecule has 100 valence electrons. The van der Waals surface area contributed by atoms with Crippen molar-refractivity contribution in [2.45, 2.75) is 19.1 Å². The Kier molecular flexibility index (Phi) is 3.48. The molecule has 0 saturated carbocycles. The van der Waals surface area contributed by atoms with Crippen LogP contribution < -0.4 is 5.32 Å². The van der Waals surface area contributed by atoms with E-state index in [-0.39, 0.29) is 5.56 Å². The highest BCUT2D eigenvalue weighted by Gasteiger charge is 2.26. The van der Waals surface area contributed by atoms with Crippen LogP contribution in [0.4, 0.5) is 0 Å². The molecule has 7 heteroatoms. The molecule has 2 atom stereocenters. The van der Waals surface area contributed by atoms with Gasteiger partial charge in [0.1, 0.15) is 0 Å². The first-order valence-electron chi connectivity index (χ1n) is 5.65. The number of nitrogens with one attached hydrogen (secondary N) is 1. The minimum atomic E-state index is -1.36. The van der Waals surface area contributed by atoms with Gasteiger partial charge in [-0.3, -0.25) is 4.79 Å². The average molecular weight is 263 g/mol. The van der Waals surface area contributed by atoms with E-state index in [1.54, 1.807) is 24.4 Å². The van der Waals surface area contributed by atoms with Crippen molar-refractivity contribution in [2.24, 2.45) is 0 Å². The summed E-state index contributed by atoms with van der Waals surface area (Å²) in [4.78, 5) is 22.9. The van der Waals surface area contributed by atoms with Gasteiger partial charge in [0.2, 0.25) is 0 Å². The van der Waals surface area contributed by atoms with Crippen LogP contribution in [0.1, 0.15) is 17.3 Å². The lowest BCUT2D eigenvalue weighted by Crippen LogP contribution is -2.47. The van der Waals surface area contributed by atoms with Crippen LogP contribution in [0.25, 0.3) is 5.52 Å². The number of fused-ring (bicyclic) bond motifs is 1. The first-order chi connectivity index (χ1) is 9.00. The fraction of sp³-hybridized carbons (Fsp3) is 0.250. The number of amides is 1. The predicted octanol–water partition coefficient (Wildman–Crippen LogP) is -0.102. The van der Waals surface area contributed by atoms with Gasteiger partial charge in [-0.25, -0.2) is 9.31 Å². The van der Waals surface area contributed by atoms with Crippen molar-refractivity contribution in [1.82, 2.24) is 14.9 Å². The van der Waals surface area contributed by atoms with Gasteiger partial charge in [-0.1, -0.05) is 6.07 Å². The summed E-state index contributed by atoms with van der Waals surface area (Å²) in [7, 11) is 0. The van der Waals surface area contributed by atoms with E-state index in [4.69, 9.17) is 5.11 Å². The smallest absolute Gasteiger partial charge is 0.328 e. The van der Waals surface area contributed by atoms with Crippen molar-refractivity contribution >= 4 is 17.4 Å². The number of hydrogen-bond donors (Lipinski definition) is 3. The van der Waals surface area contributed by atoms with Crippen LogP contribution in [0.15, 0.2) is 30.6 Å². The molecule has 19 heavy (non-hydrogen) atoms. The highest BCUT2D eigenvalue weighted by Crippen LogP contribution is 2.10. The van der Waals surface area contributed by atoms with E-state index in [9.17, 15) is 14.7 Å². The molecule has 0 aromatic carbocycles. The maximum atomic E-state index is 12.0. The van der Waals surface area contributed by atoms with Crippen LogP contribution in [-0.2, 0) is 4.79 Å². The zero-order chi connectivity index (χ0) is 14.0. The number of carbonyl (C=O) groups is 2. The number of nitrogens with zero attached hydrogens (tertiary/aromatic N) is 2. The lowest BCUT2D eigenvalue weighted by Gasteiger charge is -2.16. The highest BCUT2D eigenvalue weighted by atomic mass is 16.4. The second kappa shape index (κ2) is 5.07. The van der Waals surface area contributed by atoms with Gasteiger partial charge in [0, 0.05) is 6.20 Å². The fourth-order valence-electron chi connectivity index (χ4n) is 1.72. The normalized spacial score (nSPS) is 14.0. The minimum absolute atomic E-state index is 0.257. The van der Waals surface area contributed by atoms with Crippen LogP contribution in [0.5, 0.6) is 0 Å². The Hall–Kier alpha value is -2.41. The zero-order valence-electron chi connectivity index (χ0n) is 10.1. The van der Waals surface area contributed by atoms with E-state index < -0.39 is 24.0 Å². The number of aliphatic carboxylic acids is 1. The summed E-state index contributed by atoms with van der Waals surface area (Å²) in [6.45, 7) is 1.30. The SMILES string of the molecule is C[C@@H](O)[C@H](NC(=O)c1cnn2ccccc12)C(=O)O. The maximum Gasteiger partial charge on any atom is 0.328 e. The van der Waals surface area contributed by atoms with Crippen LogP contribution in [0.2, 0.25) is 0 Å². The van der Waals surface area contributed by atoms with E-state index in [0.717, 1.165) is 0 Å². The molecule has 1 amide bonds. The van der Waals surface area contributed by atoms with E-state index >= 15 is 0 Å². The number of carboxylic acid groups (broad SMARTS) is 1. The van der Waals surface area contributed by atoms with Gasteiger partial charge in [-0.05, 0) is 19.1 Å². The molecule has 0 spiro atoms. The second-order valence-electron chi connectivity index (χ2n) is 4.12. The molecule has 2 aromatic heterocycles. The number of hydrogen-bond acceptors (Lipinski definition) is 4. The molecular formula is C12H13N3O4. The Morgan fingerprint density at radius 1 is 1.42 bits per heavy atom. The third kappa shape index (κ3) is 2.55. The van der Waals surface area contributed by atoms with Gasteiger partial charge in [0.05, 0.1) is 23.4 Å². The summed E-state index contributed by atoms with van der Waals surface area (Å²) in [5, 5.41) is 24.5. The lowest BCUT2D eigenvalue weighted by atomic mass is 10.1. The number of carbonyl (C=O) groups excluding carboxylic acids is 1. The molecule has 2 aromatic rings. The molecule has 0 aliphatic heterocycles. The van der Waals surface area contributed by atoms with Crippen molar-refractivity contribution < 1.29 is 19.8 Å². The molecule has 0 unspecified atom stereocenters. The van der Waals surface area contributed by atoms with Gasteiger partial charge in [-0.15, -0.1) is 0 Å². The largest absolute Gasteiger partial charge is 0.480 e. The van der Waals surface area contributed by atoms with Gasteiger partial charge < -0.3 is 15.5 Å². The maximum absolute atomic E-state index is 12.0. The van der Waals surface area contributed by atoms with Crippen LogP contribution >= 0.6 is 0 Å². The molecule has 2 rings (SSSR count). The van der Waals surface area contributed by atoms with Crippen molar-refractivity contribution in [3.8, 4) is 0 Å². The Morgan fingerprint density at radius 3 is 2.79 bits per heavy atom. The molecule has 0 radical (unpaired) electrons. The summed E-state index contributed by atoms with van der Waals surface area (Å²) in [6.07, 6.45) is 1.84. The highest BCUT2D eigenvalue weighted by molar-refractivity contribution is 6.02. The molecule has 3 N–H and O–H groups in total. The van der Waals surface area contributed by atoms with Crippen LogP contribution in [-0.4, -0.2) is 43.8 Å². The van der Waals surface area contributed by atoms with Crippen molar-refractivity contribution in [1.29, 1.82) is 0 Å². The molecule has 0 saturated heterocycles. The number of aromatic nitrogens is 2. The van der Waals surface area contributed by atoms with Gasteiger partial charge >= 0.3 is 5.97 Å². The number of pyridine rings is 1. The summed E-state index contributed by atoms with van der Waals surface area (Å²) in [6, 6.07) is 3.85. The van der Waals surface area contributed by atoms with E-state index in [1.165, 1.54) is 17.6 Å². The zero-order valence-corrected chi connectivity index (χ0v) is 10.1. The first kappa shape index (κ1) is 13.0. The Morgan fingerprint density at radius 2 is 2.16 bits per heavy atom. The average Bonchev–Trinajstić information content (AvgIpc) is 2.78. The number of aliphatic hydroxyl groups is 1. The van der Waals surface area contributed by atoms with E-state index in [0.29, 0.717) is 5.52 Å². The Balaban J connectivity index is 2.27. The lowest BCUT2D eigenvalue weighted by molar-refractivity contribution is -0.141. The third-order valence-corrected chi connectivity index (χ3v) is 2.71. The molecule has 2 heterocycles. The van der Waals surface area contributed by atoms with Crippen molar-refractivity contribution in [3.63, 3.8) is 0 Å². The Labute approximate surface area is 108 Å². The molecule has 7 nitrogen and oxygen atoms in total. The third-order valence-electron chi connectivity index (χ3n) is 2.71. The number of aliphatic hydroxyl groups excluding tert-OH is 1. The quantitative estimate of drug-likeness (QED) is 0.714. The van der Waals surface area contributed by atoms with Crippen LogP contribution in [0, 0.1) is 0 Å². The standard InChI is InChI=1S/C12H13N3O4/c1-7(16)10(12(18)19)14-11(17)8-6-13-15-5-3-2-4-9(8)15/h2-7,10,16H,1H3,(H,14,17)(H,18,19)/t7-,10+/m1/s1. The summed E-state index contributed by atoms with van der Waals surface area (Å²) < 4.78 is 1.51. The Bertz CT molecular complexity index is 620.